The summed E-state index contributed by atoms with van der Waals surface area (Å²) in [5.74, 6) is 1.18. The maximum absolute atomic E-state index is 11.8. The Morgan fingerprint density at radius 2 is 2.21 bits per heavy atom. The Labute approximate surface area is 85.6 Å². The summed E-state index contributed by atoms with van der Waals surface area (Å²) in [4.78, 5) is 11.8. The third-order valence-electron chi connectivity index (χ3n) is 3.62. The van der Waals surface area contributed by atoms with E-state index in [1.54, 1.807) is 0 Å². The molecule has 3 heteroatoms. The summed E-state index contributed by atoms with van der Waals surface area (Å²) >= 11 is 0. The first-order valence-corrected chi connectivity index (χ1v) is 5.78. The van der Waals surface area contributed by atoms with Crippen molar-refractivity contribution in [1.29, 1.82) is 0 Å². The lowest BCUT2D eigenvalue weighted by atomic mass is 9.81. The molecule has 2 aliphatic rings. The lowest BCUT2D eigenvalue weighted by Gasteiger charge is -2.36. The molecule has 0 aromatic carbocycles. The molecule has 3 atom stereocenters. The van der Waals surface area contributed by atoms with Crippen LogP contribution in [-0.2, 0) is 4.79 Å². The first-order chi connectivity index (χ1) is 6.77. The Morgan fingerprint density at radius 1 is 1.36 bits per heavy atom. The van der Waals surface area contributed by atoms with E-state index >= 15 is 0 Å². The van der Waals surface area contributed by atoms with Crippen LogP contribution in [0, 0.1) is 11.8 Å². The second kappa shape index (κ2) is 4.30. The van der Waals surface area contributed by atoms with E-state index in [2.05, 4.69) is 17.6 Å². The number of amides is 1. The maximum atomic E-state index is 11.8. The van der Waals surface area contributed by atoms with Crippen LogP contribution in [0.25, 0.3) is 0 Å². The fourth-order valence-corrected chi connectivity index (χ4v) is 2.26. The summed E-state index contributed by atoms with van der Waals surface area (Å²) in [5.41, 5.74) is 0. The van der Waals surface area contributed by atoms with Crippen molar-refractivity contribution in [1.82, 2.24) is 10.6 Å². The molecular formula is C11H20N2O. The average molecular weight is 196 g/mol. The number of carbonyl (C=O) groups is 1. The molecule has 1 heterocycles. The van der Waals surface area contributed by atoms with Crippen LogP contribution in [-0.4, -0.2) is 25.0 Å². The van der Waals surface area contributed by atoms with E-state index in [0.29, 0.717) is 12.0 Å². The van der Waals surface area contributed by atoms with Crippen molar-refractivity contribution in [2.24, 2.45) is 11.8 Å². The molecule has 3 nitrogen and oxygen atoms in total. The third kappa shape index (κ3) is 2.08. The van der Waals surface area contributed by atoms with Gasteiger partial charge in [-0.05, 0) is 38.1 Å². The second-order valence-corrected chi connectivity index (χ2v) is 4.71. The third-order valence-corrected chi connectivity index (χ3v) is 3.62. The highest BCUT2D eigenvalue weighted by atomic mass is 16.2. The zero-order chi connectivity index (χ0) is 9.97. The number of carbonyl (C=O) groups excluding carboxylic acids is 1. The highest BCUT2D eigenvalue weighted by Crippen LogP contribution is 2.26. The molecule has 0 aromatic heterocycles. The summed E-state index contributed by atoms with van der Waals surface area (Å²) < 4.78 is 0. The van der Waals surface area contributed by atoms with Gasteiger partial charge in [0, 0.05) is 12.6 Å². The van der Waals surface area contributed by atoms with Gasteiger partial charge in [-0.2, -0.15) is 0 Å². The van der Waals surface area contributed by atoms with Crippen LogP contribution < -0.4 is 10.6 Å². The maximum Gasteiger partial charge on any atom is 0.224 e. The van der Waals surface area contributed by atoms with Crippen molar-refractivity contribution in [2.75, 3.05) is 13.1 Å². The smallest absolute Gasteiger partial charge is 0.224 e. The van der Waals surface area contributed by atoms with Gasteiger partial charge >= 0.3 is 0 Å². The Hall–Kier alpha value is -0.570. The van der Waals surface area contributed by atoms with Crippen molar-refractivity contribution < 1.29 is 4.79 Å². The molecule has 1 aliphatic carbocycles. The number of piperidine rings is 1. The van der Waals surface area contributed by atoms with E-state index in [-0.39, 0.29) is 11.8 Å². The molecule has 2 rings (SSSR count). The predicted molar refractivity (Wildman–Crippen MR) is 55.9 cm³/mol. The zero-order valence-electron chi connectivity index (χ0n) is 8.88. The fourth-order valence-electron chi connectivity index (χ4n) is 2.26. The molecule has 1 amide bonds. The van der Waals surface area contributed by atoms with Gasteiger partial charge in [-0.15, -0.1) is 0 Å². The minimum atomic E-state index is 0.219. The van der Waals surface area contributed by atoms with E-state index in [4.69, 9.17) is 0 Å². The fraction of sp³-hybridized carbons (Fsp3) is 0.909. The summed E-state index contributed by atoms with van der Waals surface area (Å²) in [6.45, 7) is 4.16. The Balaban J connectivity index is 1.76. The molecule has 80 valence electrons. The van der Waals surface area contributed by atoms with E-state index in [0.717, 1.165) is 25.9 Å². The molecular weight excluding hydrogens is 176 g/mol. The van der Waals surface area contributed by atoms with Crippen molar-refractivity contribution in [3.63, 3.8) is 0 Å². The molecule has 1 saturated heterocycles. The zero-order valence-corrected chi connectivity index (χ0v) is 8.88. The Morgan fingerprint density at radius 3 is 2.71 bits per heavy atom. The first kappa shape index (κ1) is 9.97. The summed E-state index contributed by atoms with van der Waals surface area (Å²) in [6.07, 6.45) is 4.64. The highest BCUT2D eigenvalue weighted by Gasteiger charge is 2.30. The molecule has 0 spiro atoms. The van der Waals surface area contributed by atoms with Crippen LogP contribution in [0.15, 0.2) is 0 Å². The lowest BCUT2D eigenvalue weighted by Crippen LogP contribution is -2.50. The number of hydrogen-bond acceptors (Lipinski definition) is 2. The van der Waals surface area contributed by atoms with Gasteiger partial charge in [-0.25, -0.2) is 0 Å². The molecule has 1 saturated carbocycles. The van der Waals surface area contributed by atoms with E-state index in [1.807, 2.05) is 0 Å². The second-order valence-electron chi connectivity index (χ2n) is 4.71. The van der Waals surface area contributed by atoms with Crippen LogP contribution >= 0.6 is 0 Å². The summed E-state index contributed by atoms with van der Waals surface area (Å²) in [5, 5.41) is 6.43. The summed E-state index contributed by atoms with van der Waals surface area (Å²) in [6, 6.07) is 0.462. The largest absolute Gasteiger partial charge is 0.353 e. The van der Waals surface area contributed by atoms with Crippen molar-refractivity contribution in [3.8, 4) is 0 Å². The van der Waals surface area contributed by atoms with Crippen molar-refractivity contribution in [2.45, 2.75) is 38.6 Å². The highest BCUT2D eigenvalue weighted by molar-refractivity contribution is 5.79. The molecule has 1 aliphatic heterocycles. The quantitative estimate of drug-likeness (QED) is 0.689. The summed E-state index contributed by atoms with van der Waals surface area (Å²) in [7, 11) is 0. The van der Waals surface area contributed by atoms with Gasteiger partial charge in [0.05, 0.1) is 5.92 Å². The molecule has 0 aromatic rings. The molecule has 0 bridgehead atoms. The van der Waals surface area contributed by atoms with E-state index < -0.39 is 0 Å². The van der Waals surface area contributed by atoms with Crippen LogP contribution in [0.1, 0.15) is 32.6 Å². The van der Waals surface area contributed by atoms with Crippen LogP contribution in [0.3, 0.4) is 0 Å². The molecule has 2 N–H and O–H groups in total. The van der Waals surface area contributed by atoms with Crippen molar-refractivity contribution >= 4 is 5.91 Å². The number of hydrogen-bond donors (Lipinski definition) is 2. The van der Waals surface area contributed by atoms with Gasteiger partial charge in [0.2, 0.25) is 5.91 Å². The topological polar surface area (TPSA) is 41.1 Å². The van der Waals surface area contributed by atoms with E-state index in [1.165, 1.54) is 12.8 Å². The van der Waals surface area contributed by atoms with Gasteiger partial charge < -0.3 is 10.6 Å². The molecule has 0 radical (unpaired) electrons. The normalized spacial score (nSPS) is 37.4. The SMILES string of the molecule is CC1CCC1NC(=O)[C@H]1CCCNC1. The molecule has 2 unspecified atom stereocenters. The standard InChI is InChI=1S/C11H20N2O/c1-8-4-5-10(8)13-11(14)9-3-2-6-12-7-9/h8-10,12H,2-7H2,1H3,(H,13,14)/t8?,9-,10?/m0/s1. The minimum absolute atomic E-state index is 0.219. The first-order valence-electron chi connectivity index (χ1n) is 5.78. The van der Waals surface area contributed by atoms with Gasteiger partial charge in [0.25, 0.3) is 0 Å². The Bertz CT molecular complexity index is 211. The number of rotatable bonds is 2. The van der Waals surface area contributed by atoms with Crippen LogP contribution in [0.5, 0.6) is 0 Å². The van der Waals surface area contributed by atoms with Gasteiger partial charge in [-0.1, -0.05) is 6.92 Å². The van der Waals surface area contributed by atoms with Crippen LogP contribution in [0.4, 0.5) is 0 Å². The molecule has 2 fully saturated rings. The monoisotopic (exact) mass is 196 g/mol. The number of nitrogens with one attached hydrogen (secondary N) is 2. The van der Waals surface area contributed by atoms with Gasteiger partial charge in [0.15, 0.2) is 0 Å². The van der Waals surface area contributed by atoms with Crippen molar-refractivity contribution in [3.05, 3.63) is 0 Å². The van der Waals surface area contributed by atoms with Gasteiger partial charge in [-0.3, -0.25) is 4.79 Å². The Kier molecular flexibility index (Phi) is 3.06. The minimum Gasteiger partial charge on any atom is -0.353 e. The van der Waals surface area contributed by atoms with Gasteiger partial charge in [0.1, 0.15) is 0 Å². The van der Waals surface area contributed by atoms with Crippen LogP contribution in [0.2, 0.25) is 0 Å². The predicted octanol–water partition coefficient (Wildman–Crippen LogP) is 0.901. The van der Waals surface area contributed by atoms with E-state index in [9.17, 15) is 4.79 Å². The average Bonchev–Trinajstić information content (AvgIpc) is 2.24. The lowest BCUT2D eigenvalue weighted by molar-refractivity contribution is -0.127. The molecule has 14 heavy (non-hydrogen) atoms.